The Morgan fingerprint density at radius 3 is 2.26 bits per heavy atom. The normalized spacial score (nSPS) is 22.1. The largest absolute Gasteiger partial charge is 0.357 e. The van der Waals surface area contributed by atoms with Crippen molar-refractivity contribution in [1.29, 1.82) is 0 Å². The molecule has 0 amide bonds. The van der Waals surface area contributed by atoms with Gasteiger partial charge in [0, 0.05) is 38.3 Å². The molecule has 0 unspecified atom stereocenters. The fraction of sp³-hybridized carbons (Fsp3) is 0.944. The summed E-state index contributed by atoms with van der Waals surface area (Å²) in [6.07, 6.45) is 3.92. The number of hydrogen-bond acceptors (Lipinski definition) is 5. The predicted octanol–water partition coefficient (Wildman–Crippen LogP) is 1.15. The van der Waals surface area contributed by atoms with Crippen LogP contribution in [0.3, 0.4) is 0 Å². The van der Waals surface area contributed by atoms with E-state index in [1.165, 1.54) is 32.4 Å². The fourth-order valence-electron chi connectivity index (χ4n) is 3.52. The Hall–Kier alpha value is -0.130. The Morgan fingerprint density at radius 1 is 1.04 bits per heavy atom. The minimum absolute atomic E-state index is 0. The van der Waals surface area contributed by atoms with E-state index in [9.17, 15) is 8.42 Å². The van der Waals surface area contributed by atoms with E-state index >= 15 is 0 Å². The number of guanidine groups is 1. The Morgan fingerprint density at radius 2 is 1.67 bits per heavy atom. The Balaban J connectivity index is 0.00000364. The molecule has 0 bridgehead atoms. The second-order valence-electron chi connectivity index (χ2n) is 7.98. The van der Waals surface area contributed by atoms with Crippen LogP contribution in [0.25, 0.3) is 0 Å². The van der Waals surface area contributed by atoms with E-state index in [-0.39, 0.29) is 41.0 Å². The van der Waals surface area contributed by atoms with E-state index in [0.29, 0.717) is 13.1 Å². The molecule has 27 heavy (non-hydrogen) atoms. The number of nitrogens with one attached hydrogen (secondary N) is 2. The summed E-state index contributed by atoms with van der Waals surface area (Å²) in [5.41, 5.74) is 0.0734. The van der Waals surface area contributed by atoms with Crippen molar-refractivity contribution < 1.29 is 8.42 Å². The molecule has 2 rings (SSSR count). The highest BCUT2D eigenvalue weighted by atomic mass is 127. The topological polar surface area (TPSA) is 77.0 Å². The van der Waals surface area contributed by atoms with Gasteiger partial charge in [-0.2, -0.15) is 0 Å². The van der Waals surface area contributed by atoms with E-state index in [2.05, 4.69) is 41.2 Å². The van der Waals surface area contributed by atoms with E-state index in [0.717, 1.165) is 32.1 Å². The molecule has 0 aromatic rings. The summed E-state index contributed by atoms with van der Waals surface area (Å²) in [4.78, 5) is 9.56. The summed E-state index contributed by atoms with van der Waals surface area (Å²) in [5.74, 6) is 1.42. The van der Waals surface area contributed by atoms with Crippen LogP contribution in [0, 0.1) is 0 Å². The molecule has 2 aliphatic rings. The van der Waals surface area contributed by atoms with Crippen LogP contribution in [-0.4, -0.2) is 93.6 Å². The average Bonchev–Trinajstić information content (AvgIpc) is 2.62. The highest BCUT2D eigenvalue weighted by Gasteiger charge is 2.27. The van der Waals surface area contributed by atoms with Gasteiger partial charge in [-0.25, -0.2) is 8.42 Å². The van der Waals surface area contributed by atoms with Crippen molar-refractivity contribution in [3.8, 4) is 0 Å². The standard InChI is InChI=1S/C18H37N5O2S.HI/c1-4-19-17(20-8-11-22-12-14-26(24,25)15-13-22)21-16-18(2,3)23-9-6-5-7-10-23;/h4-16H2,1-3H3,(H2,19,20,21);1H. The lowest BCUT2D eigenvalue weighted by atomic mass is 9.99. The quantitative estimate of drug-likeness (QED) is 0.301. The molecule has 0 aliphatic carbocycles. The lowest BCUT2D eigenvalue weighted by Gasteiger charge is -2.40. The zero-order valence-corrected chi connectivity index (χ0v) is 20.3. The molecule has 0 spiro atoms. The second-order valence-corrected chi connectivity index (χ2v) is 10.3. The van der Waals surface area contributed by atoms with Crippen molar-refractivity contribution in [2.45, 2.75) is 45.6 Å². The highest BCUT2D eigenvalue weighted by molar-refractivity contribution is 14.0. The monoisotopic (exact) mass is 515 g/mol. The van der Waals surface area contributed by atoms with E-state index < -0.39 is 9.84 Å². The van der Waals surface area contributed by atoms with Gasteiger partial charge in [0.2, 0.25) is 0 Å². The number of nitrogens with zero attached hydrogens (tertiary/aromatic N) is 3. The molecule has 0 radical (unpaired) electrons. The number of rotatable bonds is 7. The average molecular weight is 516 g/mol. The first kappa shape index (κ1) is 24.9. The van der Waals surface area contributed by atoms with Crippen molar-refractivity contribution in [1.82, 2.24) is 20.4 Å². The number of halogens is 1. The van der Waals surface area contributed by atoms with Crippen molar-refractivity contribution in [3.63, 3.8) is 0 Å². The van der Waals surface area contributed by atoms with Crippen LogP contribution in [0.15, 0.2) is 4.99 Å². The molecule has 0 aromatic heterocycles. The van der Waals surface area contributed by atoms with Gasteiger partial charge in [0.25, 0.3) is 0 Å². The summed E-state index contributed by atoms with van der Waals surface area (Å²) in [6.45, 7) is 13.5. The molecule has 0 atom stereocenters. The van der Waals surface area contributed by atoms with E-state index in [1.54, 1.807) is 0 Å². The zero-order valence-electron chi connectivity index (χ0n) is 17.2. The molecule has 2 heterocycles. The summed E-state index contributed by atoms with van der Waals surface area (Å²) in [5, 5.41) is 6.71. The van der Waals surface area contributed by atoms with Gasteiger partial charge in [0.15, 0.2) is 15.8 Å². The fourth-order valence-corrected chi connectivity index (χ4v) is 4.80. The van der Waals surface area contributed by atoms with E-state index in [1.807, 2.05) is 0 Å². The number of aliphatic imine (C=N–C) groups is 1. The number of piperidine rings is 1. The van der Waals surface area contributed by atoms with Gasteiger partial charge < -0.3 is 10.6 Å². The third-order valence-electron chi connectivity index (χ3n) is 5.34. The minimum Gasteiger partial charge on any atom is -0.357 e. The zero-order chi connectivity index (χ0) is 19.0. The SMILES string of the molecule is CCNC(=NCC(C)(C)N1CCCCC1)NCCN1CCS(=O)(=O)CC1.I. The summed E-state index contributed by atoms with van der Waals surface area (Å²) in [7, 11) is -2.80. The first-order chi connectivity index (χ1) is 12.3. The van der Waals surface area contributed by atoms with Gasteiger partial charge in [-0.1, -0.05) is 6.42 Å². The molecule has 9 heteroatoms. The third-order valence-corrected chi connectivity index (χ3v) is 6.95. The van der Waals surface area contributed by atoms with Crippen molar-refractivity contribution in [2.24, 2.45) is 4.99 Å². The van der Waals surface area contributed by atoms with Crippen LogP contribution < -0.4 is 10.6 Å². The molecule has 0 saturated carbocycles. The number of sulfone groups is 1. The lowest BCUT2D eigenvalue weighted by molar-refractivity contribution is 0.102. The first-order valence-electron chi connectivity index (χ1n) is 10.0. The molecule has 160 valence electrons. The lowest BCUT2D eigenvalue weighted by Crippen LogP contribution is -2.50. The minimum atomic E-state index is -2.80. The Bertz CT molecular complexity index is 548. The van der Waals surface area contributed by atoms with Crippen LogP contribution >= 0.6 is 24.0 Å². The summed E-state index contributed by atoms with van der Waals surface area (Å²) < 4.78 is 23.0. The maximum absolute atomic E-state index is 11.5. The van der Waals surface area contributed by atoms with Crippen molar-refractivity contribution in [2.75, 3.05) is 63.9 Å². The third kappa shape index (κ3) is 8.82. The van der Waals surface area contributed by atoms with Crippen LogP contribution in [-0.2, 0) is 9.84 Å². The van der Waals surface area contributed by atoms with Gasteiger partial charge in [-0.3, -0.25) is 14.8 Å². The van der Waals surface area contributed by atoms with Crippen LogP contribution in [0.1, 0.15) is 40.0 Å². The predicted molar refractivity (Wildman–Crippen MR) is 124 cm³/mol. The van der Waals surface area contributed by atoms with Gasteiger partial charge in [-0.15, -0.1) is 24.0 Å². The molecular formula is C18H38IN5O2S. The van der Waals surface area contributed by atoms with Crippen LogP contribution in [0.4, 0.5) is 0 Å². The molecule has 2 saturated heterocycles. The first-order valence-corrected chi connectivity index (χ1v) is 11.8. The van der Waals surface area contributed by atoms with Gasteiger partial charge in [0.05, 0.1) is 18.1 Å². The van der Waals surface area contributed by atoms with Crippen LogP contribution in [0.5, 0.6) is 0 Å². The Kier molecular flexibility index (Phi) is 10.9. The maximum atomic E-state index is 11.5. The molecule has 7 nitrogen and oxygen atoms in total. The number of likely N-dealkylation sites (tertiary alicyclic amines) is 1. The second kappa shape index (κ2) is 11.8. The Labute approximate surface area is 182 Å². The molecule has 0 aromatic carbocycles. The van der Waals surface area contributed by atoms with Gasteiger partial charge in [-0.05, 0) is 46.7 Å². The van der Waals surface area contributed by atoms with Crippen molar-refractivity contribution in [3.05, 3.63) is 0 Å². The maximum Gasteiger partial charge on any atom is 0.191 e. The summed E-state index contributed by atoms with van der Waals surface area (Å²) in [6, 6.07) is 0. The van der Waals surface area contributed by atoms with Gasteiger partial charge in [0.1, 0.15) is 0 Å². The smallest absolute Gasteiger partial charge is 0.191 e. The highest BCUT2D eigenvalue weighted by Crippen LogP contribution is 2.20. The molecular weight excluding hydrogens is 477 g/mol. The van der Waals surface area contributed by atoms with Gasteiger partial charge >= 0.3 is 0 Å². The number of hydrogen-bond donors (Lipinski definition) is 2. The van der Waals surface area contributed by atoms with Crippen molar-refractivity contribution >= 4 is 39.8 Å². The van der Waals surface area contributed by atoms with E-state index in [4.69, 9.17) is 4.99 Å². The molecule has 2 aliphatic heterocycles. The van der Waals surface area contributed by atoms with Crippen LogP contribution in [0.2, 0.25) is 0 Å². The molecule has 2 fully saturated rings. The molecule has 2 N–H and O–H groups in total. The summed E-state index contributed by atoms with van der Waals surface area (Å²) >= 11 is 0.